The summed E-state index contributed by atoms with van der Waals surface area (Å²) in [6.07, 6.45) is 4.25. The minimum atomic E-state index is -0.196. The average molecular weight is 374 g/mol. The summed E-state index contributed by atoms with van der Waals surface area (Å²) in [4.78, 5) is 21.3. The molecule has 1 aromatic carbocycles. The van der Waals surface area contributed by atoms with Crippen LogP contribution in [-0.2, 0) is 6.54 Å². The van der Waals surface area contributed by atoms with Crippen molar-refractivity contribution in [3.63, 3.8) is 0 Å². The van der Waals surface area contributed by atoms with Crippen molar-refractivity contribution in [2.75, 3.05) is 0 Å². The zero-order chi connectivity index (χ0) is 19.5. The summed E-state index contributed by atoms with van der Waals surface area (Å²) >= 11 is 0. The molecule has 0 aliphatic rings. The van der Waals surface area contributed by atoms with Gasteiger partial charge < -0.3 is 9.88 Å². The fourth-order valence-corrected chi connectivity index (χ4v) is 3.37. The first-order chi connectivity index (χ1) is 13.7. The number of hydrogen-bond acceptors (Lipinski definition) is 4. The standard InChI is InChI=1S/C21H22N6O/c1-3-17(15-8-10-22-11-9-15)24-21(28)19-12-16(25-26-19)13-27-14(2)23-18-6-4-5-7-20(18)27/h4-12,17H,3,13H2,1-2H3,(H,24,28)(H,25,26)/t17-/m1/s1. The molecule has 0 aliphatic carbocycles. The Balaban J connectivity index is 1.51. The molecule has 0 radical (unpaired) electrons. The van der Waals surface area contributed by atoms with E-state index >= 15 is 0 Å². The van der Waals surface area contributed by atoms with Crippen LogP contribution in [0.15, 0.2) is 54.9 Å². The van der Waals surface area contributed by atoms with Gasteiger partial charge in [0.05, 0.1) is 29.3 Å². The van der Waals surface area contributed by atoms with Crippen LogP contribution in [0.25, 0.3) is 11.0 Å². The molecular weight excluding hydrogens is 352 g/mol. The Morgan fingerprint density at radius 3 is 2.79 bits per heavy atom. The molecule has 7 heteroatoms. The number of nitrogens with zero attached hydrogens (tertiary/aromatic N) is 4. The number of rotatable bonds is 6. The van der Waals surface area contributed by atoms with Crippen LogP contribution in [-0.4, -0.2) is 30.6 Å². The number of aromatic amines is 1. The number of imidazole rings is 1. The highest BCUT2D eigenvalue weighted by Crippen LogP contribution is 2.18. The Labute approximate surface area is 162 Å². The molecule has 4 aromatic rings. The molecule has 4 rings (SSSR count). The van der Waals surface area contributed by atoms with Crippen LogP contribution >= 0.6 is 0 Å². The van der Waals surface area contributed by atoms with Crippen LogP contribution in [0, 0.1) is 6.92 Å². The van der Waals surface area contributed by atoms with Crippen LogP contribution in [0.3, 0.4) is 0 Å². The van der Waals surface area contributed by atoms with Crippen LogP contribution in [0.2, 0.25) is 0 Å². The predicted molar refractivity (Wildman–Crippen MR) is 107 cm³/mol. The molecule has 1 amide bonds. The van der Waals surface area contributed by atoms with Crippen molar-refractivity contribution in [2.45, 2.75) is 32.9 Å². The lowest BCUT2D eigenvalue weighted by molar-refractivity contribution is 0.0930. The third-order valence-electron chi connectivity index (χ3n) is 4.86. The maximum absolute atomic E-state index is 12.7. The van der Waals surface area contributed by atoms with E-state index < -0.39 is 0 Å². The van der Waals surface area contributed by atoms with E-state index in [4.69, 9.17) is 0 Å². The third kappa shape index (κ3) is 3.51. The van der Waals surface area contributed by atoms with Crippen molar-refractivity contribution in [3.05, 3.63) is 77.6 Å². The SMILES string of the molecule is CC[C@@H](NC(=O)c1cc(Cn2c(C)nc3ccccc32)[nH]n1)c1ccncc1. The van der Waals surface area contributed by atoms with E-state index in [2.05, 4.69) is 30.0 Å². The normalized spacial score (nSPS) is 12.2. The number of aryl methyl sites for hydroxylation is 1. The zero-order valence-corrected chi connectivity index (χ0v) is 15.9. The lowest BCUT2D eigenvalue weighted by Gasteiger charge is -2.16. The highest BCUT2D eigenvalue weighted by atomic mass is 16.2. The number of para-hydroxylation sites is 2. The van der Waals surface area contributed by atoms with Gasteiger partial charge in [0.25, 0.3) is 5.91 Å². The molecule has 0 saturated carbocycles. The van der Waals surface area contributed by atoms with Gasteiger partial charge in [0.15, 0.2) is 0 Å². The molecule has 0 unspecified atom stereocenters. The Bertz CT molecular complexity index is 1100. The third-order valence-corrected chi connectivity index (χ3v) is 4.86. The number of nitrogens with one attached hydrogen (secondary N) is 2. The molecule has 0 bridgehead atoms. The first-order valence-electron chi connectivity index (χ1n) is 9.32. The van der Waals surface area contributed by atoms with Crippen molar-refractivity contribution in [1.29, 1.82) is 0 Å². The minimum absolute atomic E-state index is 0.0736. The zero-order valence-electron chi connectivity index (χ0n) is 15.9. The van der Waals surface area contributed by atoms with Gasteiger partial charge in [-0.25, -0.2) is 4.98 Å². The van der Waals surface area contributed by atoms with E-state index in [0.29, 0.717) is 12.2 Å². The number of aromatic nitrogens is 5. The van der Waals surface area contributed by atoms with Gasteiger partial charge in [-0.05, 0) is 49.2 Å². The molecule has 142 valence electrons. The van der Waals surface area contributed by atoms with E-state index in [1.54, 1.807) is 18.5 Å². The van der Waals surface area contributed by atoms with Crippen LogP contribution in [0.1, 0.15) is 47.0 Å². The van der Waals surface area contributed by atoms with E-state index in [9.17, 15) is 4.79 Å². The summed E-state index contributed by atoms with van der Waals surface area (Å²) in [6.45, 7) is 4.59. The Hall–Kier alpha value is -3.48. The number of carbonyl (C=O) groups is 1. The molecule has 2 N–H and O–H groups in total. The van der Waals surface area contributed by atoms with E-state index in [1.807, 2.05) is 50.2 Å². The molecule has 0 fully saturated rings. The van der Waals surface area contributed by atoms with Gasteiger partial charge in [0.2, 0.25) is 0 Å². The summed E-state index contributed by atoms with van der Waals surface area (Å²) in [7, 11) is 0. The van der Waals surface area contributed by atoms with E-state index in [-0.39, 0.29) is 11.9 Å². The maximum atomic E-state index is 12.7. The van der Waals surface area contributed by atoms with Crippen molar-refractivity contribution in [3.8, 4) is 0 Å². The minimum Gasteiger partial charge on any atom is -0.344 e. The second-order valence-corrected chi connectivity index (χ2v) is 6.73. The lowest BCUT2D eigenvalue weighted by Crippen LogP contribution is -2.28. The summed E-state index contributed by atoms with van der Waals surface area (Å²) in [5.74, 6) is 0.726. The molecule has 3 aromatic heterocycles. The van der Waals surface area contributed by atoms with Gasteiger partial charge in [-0.3, -0.25) is 14.9 Å². The largest absolute Gasteiger partial charge is 0.344 e. The Morgan fingerprint density at radius 1 is 1.21 bits per heavy atom. The molecule has 0 saturated heterocycles. The molecule has 7 nitrogen and oxygen atoms in total. The molecule has 3 heterocycles. The van der Waals surface area contributed by atoms with E-state index in [1.165, 1.54) is 0 Å². The van der Waals surface area contributed by atoms with Crippen molar-refractivity contribution in [2.24, 2.45) is 0 Å². The quantitative estimate of drug-likeness (QED) is 0.541. The summed E-state index contributed by atoms with van der Waals surface area (Å²) < 4.78 is 2.11. The first kappa shape index (κ1) is 17.9. The first-order valence-corrected chi connectivity index (χ1v) is 9.32. The van der Waals surface area contributed by atoms with Crippen LogP contribution < -0.4 is 5.32 Å². The maximum Gasteiger partial charge on any atom is 0.272 e. The molecule has 0 aliphatic heterocycles. The van der Waals surface area contributed by atoms with Crippen LogP contribution in [0.5, 0.6) is 0 Å². The van der Waals surface area contributed by atoms with Gasteiger partial charge >= 0.3 is 0 Å². The number of carbonyl (C=O) groups excluding carboxylic acids is 1. The number of benzene rings is 1. The van der Waals surface area contributed by atoms with Gasteiger partial charge in [-0.1, -0.05) is 19.1 Å². The van der Waals surface area contributed by atoms with Crippen LogP contribution in [0.4, 0.5) is 0 Å². The second-order valence-electron chi connectivity index (χ2n) is 6.73. The number of hydrogen-bond donors (Lipinski definition) is 2. The van der Waals surface area contributed by atoms with Gasteiger partial charge in [-0.2, -0.15) is 5.10 Å². The number of amides is 1. The van der Waals surface area contributed by atoms with E-state index in [0.717, 1.165) is 34.5 Å². The summed E-state index contributed by atoms with van der Waals surface area (Å²) in [6, 6.07) is 13.6. The second kappa shape index (κ2) is 7.64. The molecule has 1 atom stereocenters. The molecule has 0 spiro atoms. The topological polar surface area (TPSA) is 88.5 Å². The van der Waals surface area contributed by atoms with Crippen molar-refractivity contribution >= 4 is 16.9 Å². The molecular formula is C21H22N6O. The Kier molecular flexibility index (Phi) is 4.89. The predicted octanol–water partition coefficient (Wildman–Crippen LogP) is 3.39. The summed E-state index contributed by atoms with van der Waals surface area (Å²) in [5, 5.41) is 10.2. The van der Waals surface area contributed by atoms with Crippen molar-refractivity contribution < 1.29 is 4.79 Å². The van der Waals surface area contributed by atoms with Gasteiger partial charge in [0, 0.05) is 12.4 Å². The monoisotopic (exact) mass is 374 g/mol. The average Bonchev–Trinajstić information content (AvgIpc) is 3.32. The fraction of sp³-hybridized carbons (Fsp3) is 0.238. The lowest BCUT2D eigenvalue weighted by atomic mass is 10.1. The summed E-state index contributed by atoms with van der Waals surface area (Å²) in [5.41, 5.74) is 4.28. The Morgan fingerprint density at radius 2 is 2.00 bits per heavy atom. The molecule has 28 heavy (non-hydrogen) atoms. The number of fused-ring (bicyclic) bond motifs is 1. The fourth-order valence-electron chi connectivity index (χ4n) is 3.37. The van der Waals surface area contributed by atoms with Gasteiger partial charge in [0.1, 0.15) is 11.5 Å². The van der Waals surface area contributed by atoms with Gasteiger partial charge in [-0.15, -0.1) is 0 Å². The van der Waals surface area contributed by atoms with Crippen molar-refractivity contribution in [1.82, 2.24) is 30.0 Å². The highest BCUT2D eigenvalue weighted by molar-refractivity contribution is 5.92. The smallest absolute Gasteiger partial charge is 0.272 e. The highest BCUT2D eigenvalue weighted by Gasteiger charge is 2.17. The number of pyridine rings is 1. The number of H-pyrrole nitrogens is 1.